The predicted octanol–water partition coefficient (Wildman–Crippen LogP) is 1.64. The lowest BCUT2D eigenvalue weighted by Gasteiger charge is -1.79. The summed E-state index contributed by atoms with van der Waals surface area (Å²) >= 11 is 0. The second-order valence-corrected chi connectivity index (χ2v) is 1.85. The lowest BCUT2D eigenvalue weighted by Crippen LogP contribution is -1.89. The van der Waals surface area contributed by atoms with Gasteiger partial charge >= 0.3 is 0 Å². The van der Waals surface area contributed by atoms with Gasteiger partial charge in [-0.15, -0.1) is 0 Å². The summed E-state index contributed by atoms with van der Waals surface area (Å²) in [6.07, 6.45) is 4.08. The number of hydrogen-bond acceptors (Lipinski definition) is 2. The van der Waals surface area contributed by atoms with Crippen molar-refractivity contribution in [2.45, 2.75) is 33.1 Å². The van der Waals surface area contributed by atoms with Gasteiger partial charge in [-0.2, -0.15) is 0 Å². The first kappa shape index (κ1) is 16.5. The minimum atomic E-state index is 1.00. The van der Waals surface area contributed by atoms with Gasteiger partial charge in [0.05, 0.1) is 0 Å². The topological polar surface area (TPSA) is 32.3 Å². The van der Waals surface area contributed by atoms with E-state index in [1.807, 2.05) is 14.1 Å². The van der Waals surface area contributed by atoms with E-state index in [0.29, 0.717) is 0 Å². The molecule has 0 saturated heterocycles. The third-order valence-corrected chi connectivity index (χ3v) is 0.707. The Hall–Kier alpha value is -0.0800. The molecule has 0 aromatic rings. The average molecular weight is 149 g/mol. The molecule has 0 radical (unpaired) electrons. The molecule has 66 valence electrons. The van der Waals surface area contributed by atoms with Crippen LogP contribution in [-0.4, -0.2) is 26.3 Å². The maximum absolute atomic E-state index is 7.00. The molecule has 0 saturated carbocycles. The van der Waals surface area contributed by atoms with Crippen molar-refractivity contribution in [1.82, 2.24) is 5.32 Å². The van der Waals surface area contributed by atoms with Crippen molar-refractivity contribution < 1.29 is 5.11 Å². The lowest BCUT2D eigenvalue weighted by atomic mass is 10.3. The van der Waals surface area contributed by atoms with Crippen molar-refractivity contribution in [1.29, 1.82) is 0 Å². The van der Waals surface area contributed by atoms with Crippen molar-refractivity contribution in [3.05, 3.63) is 0 Å². The van der Waals surface area contributed by atoms with E-state index >= 15 is 0 Å². The van der Waals surface area contributed by atoms with Crippen LogP contribution in [0.1, 0.15) is 33.1 Å². The Morgan fingerprint density at radius 3 is 1.20 bits per heavy atom. The molecule has 0 aromatic carbocycles. The highest BCUT2D eigenvalue weighted by Crippen LogP contribution is 1.88. The summed E-state index contributed by atoms with van der Waals surface area (Å²) in [5.74, 6) is 0. The fourth-order valence-corrected chi connectivity index (χ4v) is 0.354. The van der Waals surface area contributed by atoms with Crippen LogP contribution in [0.2, 0.25) is 0 Å². The van der Waals surface area contributed by atoms with Crippen LogP contribution in [0.15, 0.2) is 0 Å². The standard InChI is InChI=1S/C5H12.C2H7N.CH4O/c1-3-5-4-2;1-3-2;1-2/h3-5H2,1-2H3;3H,1-2H3;2H,1H3. The van der Waals surface area contributed by atoms with Crippen LogP contribution in [0, 0.1) is 0 Å². The SMILES string of the molecule is CCCCC.CNC.CO. The van der Waals surface area contributed by atoms with Crippen molar-refractivity contribution in [2.24, 2.45) is 0 Å². The van der Waals surface area contributed by atoms with Gasteiger partial charge in [0.15, 0.2) is 0 Å². The van der Waals surface area contributed by atoms with Crippen LogP contribution < -0.4 is 5.32 Å². The second-order valence-electron chi connectivity index (χ2n) is 1.85. The average Bonchev–Trinajstić information content (AvgIpc) is 1.96. The molecule has 0 heterocycles. The van der Waals surface area contributed by atoms with Gasteiger partial charge in [0, 0.05) is 7.11 Å². The molecule has 0 atom stereocenters. The molecule has 0 unspecified atom stereocenters. The molecule has 0 bridgehead atoms. The zero-order chi connectivity index (χ0) is 8.83. The third kappa shape index (κ3) is 103. The van der Waals surface area contributed by atoms with Gasteiger partial charge < -0.3 is 10.4 Å². The van der Waals surface area contributed by atoms with Gasteiger partial charge in [0.25, 0.3) is 0 Å². The highest BCUT2D eigenvalue weighted by molar-refractivity contribution is 4.24. The molecular weight excluding hydrogens is 126 g/mol. The lowest BCUT2D eigenvalue weighted by molar-refractivity contribution is 0.399. The third-order valence-electron chi connectivity index (χ3n) is 0.707. The Labute approximate surface area is 65.6 Å². The van der Waals surface area contributed by atoms with Crippen molar-refractivity contribution in [2.75, 3.05) is 21.2 Å². The number of aliphatic hydroxyl groups excluding tert-OH is 1. The van der Waals surface area contributed by atoms with Crippen LogP contribution >= 0.6 is 0 Å². The number of unbranched alkanes of at least 4 members (excludes halogenated alkanes) is 2. The summed E-state index contributed by atoms with van der Waals surface area (Å²) < 4.78 is 0. The van der Waals surface area contributed by atoms with E-state index < -0.39 is 0 Å². The second kappa shape index (κ2) is 36.4. The molecule has 0 spiro atoms. The van der Waals surface area contributed by atoms with Gasteiger partial charge in [-0.05, 0) is 14.1 Å². The molecule has 2 nitrogen and oxygen atoms in total. The summed E-state index contributed by atoms with van der Waals surface area (Å²) in [5.41, 5.74) is 0. The van der Waals surface area contributed by atoms with Crippen LogP contribution in [0.25, 0.3) is 0 Å². The first-order valence-corrected chi connectivity index (χ1v) is 3.86. The molecule has 0 aliphatic heterocycles. The monoisotopic (exact) mass is 149 g/mol. The summed E-state index contributed by atoms with van der Waals surface area (Å²) in [6.45, 7) is 4.42. The number of hydrogen-bond donors (Lipinski definition) is 2. The largest absolute Gasteiger partial charge is 0.400 e. The van der Waals surface area contributed by atoms with Crippen LogP contribution in [0.5, 0.6) is 0 Å². The first-order valence-electron chi connectivity index (χ1n) is 3.86. The van der Waals surface area contributed by atoms with Crippen molar-refractivity contribution in [3.63, 3.8) is 0 Å². The van der Waals surface area contributed by atoms with Gasteiger partial charge in [-0.3, -0.25) is 0 Å². The van der Waals surface area contributed by atoms with E-state index in [-0.39, 0.29) is 0 Å². The van der Waals surface area contributed by atoms with E-state index in [1.54, 1.807) is 0 Å². The Morgan fingerprint density at radius 1 is 1.00 bits per heavy atom. The predicted molar refractivity (Wildman–Crippen MR) is 48.3 cm³/mol. The van der Waals surface area contributed by atoms with E-state index in [2.05, 4.69) is 19.2 Å². The maximum Gasteiger partial charge on any atom is 0.0319 e. The molecule has 0 aromatic heterocycles. The fourth-order valence-electron chi connectivity index (χ4n) is 0.354. The smallest absolute Gasteiger partial charge is 0.0319 e. The quantitative estimate of drug-likeness (QED) is 0.625. The fraction of sp³-hybridized carbons (Fsp3) is 1.00. The molecule has 0 amide bonds. The molecule has 2 N–H and O–H groups in total. The Morgan fingerprint density at radius 2 is 1.20 bits per heavy atom. The van der Waals surface area contributed by atoms with Crippen molar-refractivity contribution >= 4 is 0 Å². The van der Waals surface area contributed by atoms with Gasteiger partial charge in [0.1, 0.15) is 0 Å². The van der Waals surface area contributed by atoms with E-state index in [1.165, 1.54) is 19.3 Å². The molecule has 2 heteroatoms. The zero-order valence-corrected chi connectivity index (χ0v) is 8.07. The van der Waals surface area contributed by atoms with Gasteiger partial charge in [0.2, 0.25) is 0 Å². The molecule has 0 rings (SSSR count). The number of rotatable bonds is 2. The van der Waals surface area contributed by atoms with Gasteiger partial charge in [-0.25, -0.2) is 0 Å². The Kier molecular flexibility index (Phi) is 60.0. The molecule has 0 aliphatic carbocycles. The summed E-state index contributed by atoms with van der Waals surface area (Å²) in [5, 5.41) is 9.75. The highest BCUT2D eigenvalue weighted by atomic mass is 16.2. The molecular formula is C8H23NO. The molecule has 10 heavy (non-hydrogen) atoms. The highest BCUT2D eigenvalue weighted by Gasteiger charge is 1.68. The minimum Gasteiger partial charge on any atom is -0.400 e. The van der Waals surface area contributed by atoms with Crippen LogP contribution in [0.4, 0.5) is 0 Å². The molecule has 0 aliphatic rings. The number of aliphatic hydroxyl groups is 1. The number of nitrogens with one attached hydrogen (secondary N) is 1. The molecule has 0 fully saturated rings. The van der Waals surface area contributed by atoms with E-state index in [4.69, 9.17) is 5.11 Å². The zero-order valence-electron chi connectivity index (χ0n) is 8.07. The van der Waals surface area contributed by atoms with Gasteiger partial charge in [-0.1, -0.05) is 33.1 Å². The van der Waals surface area contributed by atoms with Crippen LogP contribution in [0.3, 0.4) is 0 Å². The minimum absolute atomic E-state index is 1.00. The Bertz CT molecular complexity index is 23.2. The maximum atomic E-state index is 7.00. The van der Waals surface area contributed by atoms with E-state index in [0.717, 1.165) is 7.11 Å². The Balaban J connectivity index is -0.0000000847. The summed E-state index contributed by atoms with van der Waals surface area (Å²) in [4.78, 5) is 0. The van der Waals surface area contributed by atoms with Crippen LogP contribution in [-0.2, 0) is 0 Å². The summed E-state index contributed by atoms with van der Waals surface area (Å²) in [6, 6.07) is 0. The first-order chi connectivity index (χ1) is 4.83. The normalized spacial score (nSPS) is 6.60. The van der Waals surface area contributed by atoms with Crippen molar-refractivity contribution in [3.8, 4) is 0 Å². The van der Waals surface area contributed by atoms with E-state index in [9.17, 15) is 0 Å². The summed E-state index contributed by atoms with van der Waals surface area (Å²) in [7, 11) is 4.75.